The standard InChI is InChI=1S/C21H15Cl2F3N2O6Si/c22-15-3-1-12(20(6-15)27(29)30)9-33-35(11-14-5-18(25)19(26)8-17(14)24)34-10-13-2-4-16(23)7-21(13)28(31)32/h1-8,35H,9-11H2. The molecule has 8 nitrogen and oxygen atoms in total. The van der Waals surface area contributed by atoms with E-state index in [0.717, 1.165) is 12.1 Å². The second-order valence-electron chi connectivity index (χ2n) is 7.17. The number of rotatable bonds is 10. The van der Waals surface area contributed by atoms with Crippen molar-refractivity contribution in [3.05, 3.63) is 113 Å². The molecule has 0 bridgehead atoms. The zero-order valence-electron chi connectivity index (χ0n) is 17.6. The number of nitro benzene ring substituents is 2. The number of halogens is 5. The molecule has 184 valence electrons. The Morgan fingerprint density at radius 1 is 0.714 bits per heavy atom. The van der Waals surface area contributed by atoms with Crippen molar-refractivity contribution in [1.82, 2.24) is 0 Å². The van der Waals surface area contributed by atoms with Gasteiger partial charge >= 0.3 is 9.28 Å². The van der Waals surface area contributed by atoms with Crippen LogP contribution in [0.15, 0.2) is 48.5 Å². The lowest BCUT2D eigenvalue weighted by atomic mass is 10.2. The molecular weight excluding hydrogens is 532 g/mol. The summed E-state index contributed by atoms with van der Waals surface area (Å²) >= 11 is 11.6. The highest BCUT2D eigenvalue weighted by Crippen LogP contribution is 2.27. The van der Waals surface area contributed by atoms with Crippen LogP contribution >= 0.6 is 23.2 Å². The second kappa shape index (κ2) is 11.6. The van der Waals surface area contributed by atoms with E-state index >= 15 is 0 Å². The SMILES string of the molecule is O=[N+]([O-])c1cc(Cl)ccc1CO[SiH](Cc1cc(F)c(F)cc1F)OCc1ccc(Cl)cc1[N+](=O)[O-]. The van der Waals surface area contributed by atoms with Gasteiger partial charge in [-0.1, -0.05) is 23.2 Å². The third kappa shape index (κ3) is 6.99. The molecule has 0 N–H and O–H groups in total. The van der Waals surface area contributed by atoms with Crippen LogP contribution in [0.1, 0.15) is 16.7 Å². The largest absolute Gasteiger partial charge is 0.392 e. The first-order chi connectivity index (χ1) is 16.5. The van der Waals surface area contributed by atoms with Crippen LogP contribution in [0.5, 0.6) is 0 Å². The Bertz CT molecular complexity index is 1220. The van der Waals surface area contributed by atoms with Gasteiger partial charge in [0.2, 0.25) is 0 Å². The van der Waals surface area contributed by atoms with Gasteiger partial charge in [-0.15, -0.1) is 0 Å². The average Bonchev–Trinajstić information content (AvgIpc) is 2.80. The molecule has 0 spiro atoms. The van der Waals surface area contributed by atoms with Gasteiger partial charge in [-0.05, 0) is 35.9 Å². The number of hydrogen-bond acceptors (Lipinski definition) is 6. The molecule has 0 fully saturated rings. The summed E-state index contributed by atoms with van der Waals surface area (Å²) in [5.74, 6) is -3.70. The van der Waals surface area contributed by atoms with Crippen LogP contribution in [0.2, 0.25) is 10.0 Å². The van der Waals surface area contributed by atoms with Crippen LogP contribution in [0.25, 0.3) is 0 Å². The normalized spacial score (nSPS) is 11.1. The predicted molar refractivity (Wildman–Crippen MR) is 123 cm³/mol. The van der Waals surface area contributed by atoms with E-state index < -0.39 is 36.6 Å². The minimum atomic E-state index is -3.03. The van der Waals surface area contributed by atoms with Crippen molar-refractivity contribution in [3.63, 3.8) is 0 Å². The highest BCUT2D eigenvalue weighted by Gasteiger charge is 2.24. The average molecular weight is 547 g/mol. The van der Waals surface area contributed by atoms with Crippen molar-refractivity contribution in [2.45, 2.75) is 19.3 Å². The number of hydrogen-bond donors (Lipinski definition) is 0. The lowest BCUT2D eigenvalue weighted by molar-refractivity contribution is -0.385. The van der Waals surface area contributed by atoms with Crippen LogP contribution < -0.4 is 0 Å². The molecule has 0 unspecified atom stereocenters. The molecule has 0 amide bonds. The molecule has 0 aliphatic rings. The van der Waals surface area contributed by atoms with Gasteiger partial charge in [-0.3, -0.25) is 20.2 Å². The summed E-state index contributed by atoms with van der Waals surface area (Å²) in [6, 6.07) is 8.56. The van der Waals surface area contributed by atoms with Crippen LogP contribution in [0.4, 0.5) is 24.5 Å². The number of nitro groups is 2. The maximum atomic E-state index is 14.2. The lowest BCUT2D eigenvalue weighted by Gasteiger charge is -2.18. The van der Waals surface area contributed by atoms with Crippen molar-refractivity contribution >= 4 is 43.9 Å². The molecule has 3 rings (SSSR count). The number of nitrogens with zero attached hydrogens (tertiary/aromatic N) is 2. The van der Waals surface area contributed by atoms with Crippen molar-refractivity contribution in [1.29, 1.82) is 0 Å². The van der Waals surface area contributed by atoms with E-state index in [1.54, 1.807) is 0 Å². The fraction of sp³-hybridized carbons (Fsp3) is 0.143. The Labute approximate surface area is 208 Å². The molecule has 3 aromatic rings. The Balaban J connectivity index is 1.86. The van der Waals surface area contributed by atoms with Gasteiger partial charge in [-0.25, -0.2) is 13.2 Å². The zero-order valence-corrected chi connectivity index (χ0v) is 20.2. The lowest BCUT2D eigenvalue weighted by Crippen LogP contribution is -2.27. The summed E-state index contributed by atoms with van der Waals surface area (Å²) in [6.07, 6.45) is 0. The van der Waals surface area contributed by atoms with E-state index in [2.05, 4.69) is 0 Å². The Hall–Kier alpha value is -3.03. The fourth-order valence-corrected chi connectivity index (χ4v) is 5.16. The smallest absolute Gasteiger partial charge is 0.326 e. The maximum Gasteiger partial charge on any atom is 0.326 e. The fourth-order valence-electron chi connectivity index (χ4n) is 3.09. The third-order valence-electron chi connectivity index (χ3n) is 4.81. The zero-order chi connectivity index (χ0) is 25.7. The molecular formula is C21H15Cl2F3N2O6Si. The summed E-state index contributed by atoms with van der Waals surface area (Å²) < 4.78 is 52.7. The molecule has 0 radical (unpaired) electrons. The first-order valence-corrected chi connectivity index (χ1v) is 12.3. The van der Waals surface area contributed by atoms with Crippen molar-refractivity contribution in [3.8, 4) is 0 Å². The molecule has 0 saturated carbocycles. The van der Waals surface area contributed by atoms with Gasteiger partial charge in [0.15, 0.2) is 11.6 Å². The Morgan fingerprint density at radius 3 is 1.63 bits per heavy atom. The molecule has 35 heavy (non-hydrogen) atoms. The van der Waals surface area contributed by atoms with Crippen LogP contribution in [-0.2, 0) is 28.1 Å². The molecule has 0 aliphatic heterocycles. The summed E-state index contributed by atoms with van der Waals surface area (Å²) in [4.78, 5) is 21.3. The Kier molecular flexibility index (Phi) is 8.80. The first kappa shape index (κ1) is 26.6. The molecule has 0 heterocycles. The van der Waals surface area contributed by atoms with Crippen molar-refractivity contribution in [2.75, 3.05) is 0 Å². The van der Waals surface area contributed by atoms with Crippen molar-refractivity contribution in [2.24, 2.45) is 0 Å². The highest BCUT2D eigenvalue weighted by molar-refractivity contribution is 6.43. The van der Waals surface area contributed by atoms with Gasteiger partial charge in [0.25, 0.3) is 11.4 Å². The summed E-state index contributed by atoms with van der Waals surface area (Å²) in [6.45, 7) is -0.670. The molecule has 0 atom stereocenters. The number of benzene rings is 3. The van der Waals surface area contributed by atoms with Crippen molar-refractivity contribution < 1.29 is 31.9 Å². The molecule has 0 aromatic heterocycles. The molecule has 0 saturated heterocycles. The van der Waals surface area contributed by atoms with E-state index in [1.807, 2.05) is 0 Å². The minimum Gasteiger partial charge on any atom is -0.392 e. The maximum absolute atomic E-state index is 14.2. The first-order valence-electron chi connectivity index (χ1n) is 9.77. The van der Waals surface area contributed by atoms with E-state index in [1.165, 1.54) is 24.3 Å². The van der Waals surface area contributed by atoms with E-state index in [9.17, 15) is 33.4 Å². The van der Waals surface area contributed by atoms with E-state index in [0.29, 0.717) is 12.1 Å². The van der Waals surface area contributed by atoms with E-state index in [-0.39, 0.29) is 57.4 Å². The monoisotopic (exact) mass is 546 g/mol. The van der Waals surface area contributed by atoms with Crippen LogP contribution in [0.3, 0.4) is 0 Å². The van der Waals surface area contributed by atoms with Gasteiger partial charge in [0, 0.05) is 34.3 Å². The topological polar surface area (TPSA) is 105 Å². The molecule has 3 aromatic carbocycles. The quantitative estimate of drug-likeness (QED) is 0.134. The predicted octanol–water partition coefficient (Wildman–Crippen LogP) is 5.96. The minimum absolute atomic E-state index is 0.129. The van der Waals surface area contributed by atoms with Gasteiger partial charge in [0.1, 0.15) is 5.82 Å². The second-order valence-corrected chi connectivity index (χ2v) is 9.98. The highest BCUT2D eigenvalue weighted by atomic mass is 35.5. The summed E-state index contributed by atoms with van der Waals surface area (Å²) in [5.41, 5.74) is -0.598. The van der Waals surface area contributed by atoms with E-state index in [4.69, 9.17) is 32.1 Å². The summed E-state index contributed by atoms with van der Waals surface area (Å²) in [7, 11) is -3.03. The molecule has 14 heteroatoms. The third-order valence-corrected chi connectivity index (χ3v) is 7.13. The molecule has 0 aliphatic carbocycles. The van der Waals surface area contributed by atoms with Gasteiger partial charge < -0.3 is 8.85 Å². The summed E-state index contributed by atoms with van der Waals surface area (Å²) in [5, 5.41) is 22.9. The van der Waals surface area contributed by atoms with Crippen LogP contribution in [0, 0.1) is 37.7 Å². The Morgan fingerprint density at radius 2 is 1.17 bits per heavy atom. The van der Waals surface area contributed by atoms with Gasteiger partial charge in [-0.2, -0.15) is 0 Å². The van der Waals surface area contributed by atoms with Gasteiger partial charge in [0.05, 0.1) is 34.2 Å². The van der Waals surface area contributed by atoms with Crippen LogP contribution in [-0.4, -0.2) is 19.1 Å².